The molecule has 3 aromatic rings. The van der Waals surface area contributed by atoms with Crippen molar-refractivity contribution in [3.05, 3.63) is 59.3 Å². The molecule has 2 heterocycles. The van der Waals surface area contributed by atoms with Crippen LogP contribution in [0.2, 0.25) is 0 Å². The highest BCUT2D eigenvalue weighted by atomic mass is 16.2. The maximum absolute atomic E-state index is 12.8. The van der Waals surface area contributed by atoms with E-state index in [1.807, 2.05) is 24.3 Å². The molecule has 1 aliphatic heterocycles. The summed E-state index contributed by atoms with van der Waals surface area (Å²) in [5.41, 5.74) is 6.49. The number of nitrogens with zero attached hydrogens (tertiary/aromatic N) is 2. The number of aromatic amines is 1. The second kappa shape index (κ2) is 8.90. The molecule has 0 bridgehead atoms. The minimum Gasteiger partial charge on any atom is -0.367 e. The molecule has 1 unspecified atom stereocenters. The van der Waals surface area contributed by atoms with Crippen LogP contribution < -0.4 is 15.5 Å². The topological polar surface area (TPSA) is 80.5 Å². The molecule has 3 N–H and O–H groups in total. The number of para-hydroxylation sites is 2. The third kappa shape index (κ3) is 4.46. The molecule has 1 saturated heterocycles. The van der Waals surface area contributed by atoms with Crippen molar-refractivity contribution in [3.8, 4) is 0 Å². The number of piperazine rings is 1. The molecule has 0 spiro atoms. The highest BCUT2D eigenvalue weighted by Gasteiger charge is 2.26. The van der Waals surface area contributed by atoms with E-state index >= 15 is 0 Å². The summed E-state index contributed by atoms with van der Waals surface area (Å²) < 4.78 is 0. The van der Waals surface area contributed by atoms with Crippen LogP contribution >= 0.6 is 0 Å². The van der Waals surface area contributed by atoms with Gasteiger partial charge in [0.15, 0.2) is 0 Å². The van der Waals surface area contributed by atoms with Crippen LogP contribution in [-0.4, -0.2) is 61.0 Å². The zero-order chi connectivity index (χ0) is 22.9. The van der Waals surface area contributed by atoms with Crippen molar-refractivity contribution in [2.45, 2.75) is 32.2 Å². The Kier molecular flexibility index (Phi) is 5.81. The Balaban J connectivity index is 1.25. The fourth-order valence-electron chi connectivity index (χ4n) is 4.99. The first-order valence-electron chi connectivity index (χ1n) is 11.7. The average Bonchev–Trinajstić information content (AvgIpc) is 3.17. The van der Waals surface area contributed by atoms with Gasteiger partial charge in [0.2, 0.25) is 0 Å². The fourth-order valence-corrected chi connectivity index (χ4v) is 4.99. The number of hydrogen-bond acceptors (Lipinski definition) is 4. The Morgan fingerprint density at radius 1 is 1.03 bits per heavy atom. The summed E-state index contributed by atoms with van der Waals surface area (Å²) in [5, 5.41) is 7.03. The van der Waals surface area contributed by atoms with Crippen LogP contribution in [0.15, 0.2) is 42.5 Å². The highest BCUT2D eigenvalue weighted by Crippen LogP contribution is 2.30. The average molecular weight is 446 g/mol. The number of nitrogens with one attached hydrogen (secondary N) is 3. The van der Waals surface area contributed by atoms with E-state index in [4.69, 9.17) is 0 Å². The van der Waals surface area contributed by atoms with Crippen molar-refractivity contribution in [2.75, 3.05) is 43.4 Å². The lowest BCUT2D eigenvalue weighted by molar-refractivity contribution is -0.136. The number of carbonyl (C=O) groups is 2. The van der Waals surface area contributed by atoms with E-state index in [9.17, 15) is 9.59 Å². The Bertz CT molecular complexity index is 1190. The number of likely N-dealkylation sites (N-methyl/N-ethyl adjacent to an activating group) is 1. The molecule has 5 rings (SSSR count). The number of aromatic nitrogens is 1. The summed E-state index contributed by atoms with van der Waals surface area (Å²) in [6, 6.07) is 14.1. The predicted octanol–water partition coefficient (Wildman–Crippen LogP) is 2.84. The van der Waals surface area contributed by atoms with Crippen molar-refractivity contribution >= 4 is 34.1 Å². The van der Waals surface area contributed by atoms with Crippen molar-refractivity contribution in [1.82, 2.24) is 15.2 Å². The lowest BCUT2D eigenvalue weighted by Gasteiger charge is -2.35. The van der Waals surface area contributed by atoms with Crippen LogP contribution in [0.3, 0.4) is 0 Å². The number of H-pyrrole nitrogens is 1. The Morgan fingerprint density at radius 2 is 1.82 bits per heavy atom. The van der Waals surface area contributed by atoms with Gasteiger partial charge in [-0.15, -0.1) is 0 Å². The molecule has 7 nitrogen and oxygen atoms in total. The molecule has 7 heteroatoms. The zero-order valence-electron chi connectivity index (χ0n) is 19.3. The standard InChI is InChI=1S/C26H31N5O2/c1-17-7-9-21-19(15-17)20-16-18(8-10-22(20)28-21)27-25(32)26(33)29-23-5-3-4-6-24(23)31-13-11-30(2)12-14-31/h3-7,9,15,18,28H,8,10-14,16H2,1-2H3,(H,27,32)(H,29,33). The summed E-state index contributed by atoms with van der Waals surface area (Å²) in [6.45, 7) is 5.82. The van der Waals surface area contributed by atoms with E-state index in [-0.39, 0.29) is 6.04 Å². The van der Waals surface area contributed by atoms with Crippen LogP contribution in [0.25, 0.3) is 10.9 Å². The molecular weight excluding hydrogens is 414 g/mol. The van der Waals surface area contributed by atoms with Crippen LogP contribution in [-0.2, 0) is 22.4 Å². The second-order valence-corrected chi connectivity index (χ2v) is 9.31. The molecule has 172 valence electrons. The van der Waals surface area contributed by atoms with Crippen molar-refractivity contribution in [3.63, 3.8) is 0 Å². The molecule has 0 radical (unpaired) electrons. The van der Waals surface area contributed by atoms with Gasteiger partial charge in [-0.3, -0.25) is 9.59 Å². The number of amides is 2. The molecule has 1 aromatic heterocycles. The SMILES string of the molecule is Cc1ccc2[nH]c3c(c2c1)CC(NC(=O)C(=O)Nc1ccccc1N1CCN(C)CC1)CC3. The number of rotatable bonds is 3. The zero-order valence-corrected chi connectivity index (χ0v) is 19.3. The van der Waals surface area contributed by atoms with E-state index in [0.29, 0.717) is 5.69 Å². The fraction of sp³-hybridized carbons (Fsp3) is 0.385. The van der Waals surface area contributed by atoms with Crippen LogP contribution in [0.1, 0.15) is 23.2 Å². The van der Waals surface area contributed by atoms with Gasteiger partial charge in [0.1, 0.15) is 0 Å². The summed E-state index contributed by atoms with van der Waals surface area (Å²) in [5.74, 6) is -1.19. The van der Waals surface area contributed by atoms with Gasteiger partial charge in [0.25, 0.3) is 0 Å². The summed E-state index contributed by atoms with van der Waals surface area (Å²) in [7, 11) is 2.11. The van der Waals surface area contributed by atoms with E-state index in [1.54, 1.807) is 0 Å². The monoisotopic (exact) mass is 445 g/mol. The maximum Gasteiger partial charge on any atom is 0.313 e. The van der Waals surface area contributed by atoms with Gasteiger partial charge >= 0.3 is 11.8 Å². The smallest absolute Gasteiger partial charge is 0.313 e. The van der Waals surface area contributed by atoms with E-state index < -0.39 is 11.8 Å². The first kappa shape index (κ1) is 21.5. The van der Waals surface area contributed by atoms with Gasteiger partial charge < -0.3 is 25.4 Å². The molecule has 1 fully saturated rings. The molecule has 33 heavy (non-hydrogen) atoms. The van der Waals surface area contributed by atoms with Gasteiger partial charge in [-0.05, 0) is 63.1 Å². The van der Waals surface area contributed by atoms with Crippen molar-refractivity contribution in [2.24, 2.45) is 0 Å². The minimum atomic E-state index is -0.614. The highest BCUT2D eigenvalue weighted by molar-refractivity contribution is 6.40. The number of aryl methyl sites for hydroxylation is 2. The quantitative estimate of drug-likeness (QED) is 0.542. The Labute approximate surface area is 194 Å². The molecular formula is C26H31N5O2. The first-order valence-corrected chi connectivity index (χ1v) is 11.7. The van der Waals surface area contributed by atoms with Gasteiger partial charge in [0, 0.05) is 48.8 Å². The van der Waals surface area contributed by atoms with E-state index in [1.165, 1.54) is 22.2 Å². The lowest BCUT2D eigenvalue weighted by Crippen LogP contribution is -2.45. The number of benzene rings is 2. The summed E-state index contributed by atoms with van der Waals surface area (Å²) >= 11 is 0. The van der Waals surface area contributed by atoms with E-state index in [0.717, 1.165) is 56.6 Å². The number of anilines is 2. The third-order valence-corrected chi connectivity index (χ3v) is 6.88. The maximum atomic E-state index is 12.8. The van der Waals surface area contributed by atoms with Crippen molar-refractivity contribution < 1.29 is 9.59 Å². The largest absolute Gasteiger partial charge is 0.367 e. The number of hydrogen-bond donors (Lipinski definition) is 3. The molecule has 0 saturated carbocycles. The Hall–Kier alpha value is -3.32. The van der Waals surface area contributed by atoms with Gasteiger partial charge in [-0.1, -0.05) is 23.8 Å². The molecule has 2 amide bonds. The third-order valence-electron chi connectivity index (χ3n) is 6.88. The summed E-state index contributed by atoms with van der Waals surface area (Å²) in [4.78, 5) is 33.6. The van der Waals surface area contributed by atoms with Gasteiger partial charge in [0.05, 0.1) is 11.4 Å². The lowest BCUT2D eigenvalue weighted by atomic mass is 9.91. The second-order valence-electron chi connectivity index (χ2n) is 9.31. The van der Waals surface area contributed by atoms with Crippen molar-refractivity contribution in [1.29, 1.82) is 0 Å². The van der Waals surface area contributed by atoms with Gasteiger partial charge in [-0.25, -0.2) is 0 Å². The Morgan fingerprint density at radius 3 is 2.64 bits per heavy atom. The molecule has 1 atom stereocenters. The number of carbonyl (C=O) groups excluding carboxylic acids is 2. The molecule has 2 aliphatic rings. The predicted molar refractivity (Wildman–Crippen MR) is 132 cm³/mol. The minimum absolute atomic E-state index is 0.0527. The summed E-state index contributed by atoms with van der Waals surface area (Å²) in [6.07, 6.45) is 2.41. The number of fused-ring (bicyclic) bond motifs is 3. The van der Waals surface area contributed by atoms with Crippen LogP contribution in [0.4, 0.5) is 11.4 Å². The normalized spacial score (nSPS) is 18.7. The van der Waals surface area contributed by atoms with Gasteiger partial charge in [-0.2, -0.15) is 0 Å². The van der Waals surface area contributed by atoms with E-state index in [2.05, 4.69) is 57.6 Å². The first-order chi connectivity index (χ1) is 16.0. The van der Waals surface area contributed by atoms with Crippen LogP contribution in [0.5, 0.6) is 0 Å². The molecule has 1 aliphatic carbocycles. The van der Waals surface area contributed by atoms with Crippen LogP contribution in [0, 0.1) is 6.92 Å². The molecule has 2 aromatic carbocycles.